The van der Waals surface area contributed by atoms with Gasteiger partial charge in [-0.1, -0.05) is 12.1 Å². The predicted molar refractivity (Wildman–Crippen MR) is 100 cm³/mol. The lowest BCUT2D eigenvalue weighted by atomic mass is 10.3. The van der Waals surface area contributed by atoms with Crippen LogP contribution in [0.3, 0.4) is 0 Å². The van der Waals surface area contributed by atoms with Crippen molar-refractivity contribution in [1.82, 2.24) is 15.6 Å². The molecule has 0 aliphatic rings. The highest BCUT2D eigenvalue weighted by Crippen LogP contribution is 2.23. The summed E-state index contributed by atoms with van der Waals surface area (Å²) in [6.07, 6.45) is 3.06. The van der Waals surface area contributed by atoms with E-state index in [-0.39, 0.29) is 37.3 Å². The first-order valence-corrected chi connectivity index (χ1v) is 8.61. The molecule has 0 atom stereocenters. The Hall–Kier alpha value is -3.81. The normalized spacial score (nSPS) is 10.1. The molecule has 2 N–H and O–H groups in total. The Kier molecular flexibility index (Phi) is 6.62. The summed E-state index contributed by atoms with van der Waals surface area (Å²) < 4.78 is 16.1. The van der Waals surface area contributed by atoms with Crippen LogP contribution in [-0.2, 0) is 4.79 Å². The number of rotatable bonds is 9. The Morgan fingerprint density at radius 2 is 1.82 bits per heavy atom. The zero-order valence-electron chi connectivity index (χ0n) is 15.0. The van der Waals surface area contributed by atoms with Crippen molar-refractivity contribution in [2.75, 3.05) is 19.7 Å². The number of carbonyl (C=O) groups excluding carboxylic acids is 2. The summed E-state index contributed by atoms with van der Waals surface area (Å²) in [6, 6.07) is 15.5. The van der Waals surface area contributed by atoms with Gasteiger partial charge in [0.25, 0.3) is 11.8 Å². The minimum absolute atomic E-state index is 0.154. The third-order valence-electron chi connectivity index (χ3n) is 3.51. The molecule has 0 aliphatic heterocycles. The summed E-state index contributed by atoms with van der Waals surface area (Å²) in [7, 11) is 0. The van der Waals surface area contributed by atoms with Crippen LogP contribution in [0.15, 0.2) is 71.5 Å². The summed E-state index contributed by atoms with van der Waals surface area (Å²) in [5, 5.41) is 5.29. The highest BCUT2D eigenvalue weighted by Gasteiger charge is 2.08. The van der Waals surface area contributed by atoms with Gasteiger partial charge in [0.05, 0.1) is 6.26 Å². The first-order valence-electron chi connectivity index (χ1n) is 8.61. The standard InChI is InChI=1S/C20H19N3O5/c24-18(21-10-11-23-20(25)17-7-4-12-26-17)14-27-15-5-3-6-16(13-15)28-19-8-1-2-9-22-19/h1-9,12-13H,10-11,14H2,(H,21,24)(H,23,25). The molecule has 2 heterocycles. The average molecular weight is 381 g/mol. The van der Waals surface area contributed by atoms with Gasteiger partial charge in [-0.05, 0) is 30.3 Å². The van der Waals surface area contributed by atoms with E-state index in [2.05, 4.69) is 15.6 Å². The predicted octanol–water partition coefficient (Wildman–Crippen LogP) is 2.39. The summed E-state index contributed by atoms with van der Waals surface area (Å²) >= 11 is 0. The molecule has 2 aromatic heterocycles. The van der Waals surface area contributed by atoms with E-state index in [0.717, 1.165) is 0 Å². The van der Waals surface area contributed by atoms with E-state index in [1.165, 1.54) is 6.26 Å². The van der Waals surface area contributed by atoms with Gasteiger partial charge in [0.2, 0.25) is 5.88 Å². The number of aromatic nitrogens is 1. The number of amides is 2. The Bertz CT molecular complexity index is 897. The van der Waals surface area contributed by atoms with Gasteiger partial charge < -0.3 is 24.5 Å². The van der Waals surface area contributed by atoms with Crippen LogP contribution in [0.1, 0.15) is 10.6 Å². The maximum atomic E-state index is 11.9. The molecule has 2 amide bonds. The molecule has 0 spiro atoms. The van der Waals surface area contributed by atoms with E-state index in [1.807, 2.05) is 6.07 Å². The van der Waals surface area contributed by atoms with Crippen molar-refractivity contribution in [2.24, 2.45) is 0 Å². The Balaban J connectivity index is 1.37. The summed E-state index contributed by atoms with van der Waals surface area (Å²) in [5.74, 6) is 1.10. The molecule has 3 aromatic rings. The molecule has 3 rings (SSSR count). The monoisotopic (exact) mass is 381 g/mol. The minimum Gasteiger partial charge on any atom is -0.484 e. The van der Waals surface area contributed by atoms with E-state index in [9.17, 15) is 9.59 Å². The van der Waals surface area contributed by atoms with E-state index < -0.39 is 0 Å². The maximum Gasteiger partial charge on any atom is 0.287 e. The van der Waals surface area contributed by atoms with Crippen molar-refractivity contribution in [1.29, 1.82) is 0 Å². The van der Waals surface area contributed by atoms with Crippen LogP contribution < -0.4 is 20.1 Å². The molecule has 0 bridgehead atoms. The quantitative estimate of drug-likeness (QED) is 0.552. The van der Waals surface area contributed by atoms with Gasteiger partial charge in [-0.3, -0.25) is 9.59 Å². The molecule has 0 saturated carbocycles. The van der Waals surface area contributed by atoms with Gasteiger partial charge >= 0.3 is 0 Å². The van der Waals surface area contributed by atoms with Gasteiger partial charge in [-0.2, -0.15) is 0 Å². The summed E-state index contributed by atoms with van der Waals surface area (Å²) in [6.45, 7) is 0.398. The smallest absolute Gasteiger partial charge is 0.287 e. The second-order valence-corrected chi connectivity index (χ2v) is 5.62. The van der Waals surface area contributed by atoms with E-state index in [0.29, 0.717) is 17.4 Å². The van der Waals surface area contributed by atoms with Crippen molar-refractivity contribution in [3.05, 3.63) is 72.8 Å². The van der Waals surface area contributed by atoms with Gasteiger partial charge in [0.1, 0.15) is 11.5 Å². The number of ether oxygens (including phenoxy) is 2. The molecule has 0 radical (unpaired) electrons. The fourth-order valence-electron chi connectivity index (χ4n) is 2.23. The van der Waals surface area contributed by atoms with Crippen molar-refractivity contribution < 1.29 is 23.5 Å². The fraction of sp³-hybridized carbons (Fsp3) is 0.150. The third kappa shape index (κ3) is 5.87. The second-order valence-electron chi connectivity index (χ2n) is 5.62. The van der Waals surface area contributed by atoms with Crippen LogP contribution in [0.5, 0.6) is 17.4 Å². The first kappa shape index (κ1) is 19.0. The molecule has 0 saturated heterocycles. The van der Waals surface area contributed by atoms with Crippen LogP contribution in [0.2, 0.25) is 0 Å². The van der Waals surface area contributed by atoms with Crippen LogP contribution >= 0.6 is 0 Å². The number of nitrogens with zero attached hydrogens (tertiary/aromatic N) is 1. The number of pyridine rings is 1. The van der Waals surface area contributed by atoms with Gasteiger partial charge in [-0.25, -0.2) is 4.98 Å². The van der Waals surface area contributed by atoms with Gasteiger partial charge in [0, 0.05) is 31.4 Å². The molecule has 0 fully saturated rings. The van der Waals surface area contributed by atoms with Crippen molar-refractivity contribution in [3.8, 4) is 17.4 Å². The number of carbonyl (C=O) groups is 2. The average Bonchev–Trinajstić information content (AvgIpc) is 3.26. The van der Waals surface area contributed by atoms with Crippen molar-refractivity contribution in [3.63, 3.8) is 0 Å². The molecule has 28 heavy (non-hydrogen) atoms. The molecule has 8 heteroatoms. The molecule has 144 valence electrons. The fourth-order valence-corrected chi connectivity index (χ4v) is 2.23. The van der Waals surface area contributed by atoms with Crippen LogP contribution in [-0.4, -0.2) is 36.5 Å². The second kappa shape index (κ2) is 9.77. The van der Waals surface area contributed by atoms with Crippen LogP contribution in [0.25, 0.3) is 0 Å². The SMILES string of the molecule is O=C(COc1cccc(Oc2ccccn2)c1)NCCNC(=O)c1ccco1. The molecule has 1 aromatic carbocycles. The Morgan fingerprint density at radius 3 is 2.61 bits per heavy atom. The Labute approximate surface area is 161 Å². The molecule has 0 aliphatic carbocycles. The van der Waals surface area contributed by atoms with Crippen LogP contribution in [0.4, 0.5) is 0 Å². The molecular weight excluding hydrogens is 362 g/mol. The number of hydrogen-bond acceptors (Lipinski definition) is 6. The lowest BCUT2D eigenvalue weighted by Gasteiger charge is -2.09. The number of hydrogen-bond donors (Lipinski definition) is 2. The number of furan rings is 1. The topological polar surface area (TPSA) is 103 Å². The zero-order valence-corrected chi connectivity index (χ0v) is 15.0. The lowest BCUT2D eigenvalue weighted by Crippen LogP contribution is -2.36. The Morgan fingerprint density at radius 1 is 0.964 bits per heavy atom. The van der Waals surface area contributed by atoms with E-state index in [4.69, 9.17) is 13.9 Å². The molecule has 8 nitrogen and oxygen atoms in total. The van der Waals surface area contributed by atoms with Crippen LogP contribution in [0, 0.1) is 0 Å². The maximum absolute atomic E-state index is 11.9. The highest BCUT2D eigenvalue weighted by atomic mass is 16.5. The highest BCUT2D eigenvalue weighted by molar-refractivity contribution is 5.91. The van der Waals surface area contributed by atoms with E-state index >= 15 is 0 Å². The minimum atomic E-state index is -0.333. The third-order valence-corrected chi connectivity index (χ3v) is 3.51. The van der Waals surface area contributed by atoms with Gasteiger partial charge in [-0.15, -0.1) is 0 Å². The number of benzene rings is 1. The van der Waals surface area contributed by atoms with Crippen molar-refractivity contribution in [2.45, 2.75) is 0 Å². The molecular formula is C20H19N3O5. The lowest BCUT2D eigenvalue weighted by molar-refractivity contribution is -0.123. The number of nitrogens with one attached hydrogen (secondary N) is 2. The first-order chi connectivity index (χ1) is 13.7. The van der Waals surface area contributed by atoms with Gasteiger partial charge in [0.15, 0.2) is 12.4 Å². The zero-order chi connectivity index (χ0) is 19.6. The van der Waals surface area contributed by atoms with E-state index in [1.54, 1.807) is 54.7 Å². The van der Waals surface area contributed by atoms with Crippen molar-refractivity contribution >= 4 is 11.8 Å². The molecule has 0 unspecified atom stereocenters. The summed E-state index contributed by atoms with van der Waals surface area (Å²) in [4.78, 5) is 27.6. The largest absolute Gasteiger partial charge is 0.484 e. The summed E-state index contributed by atoms with van der Waals surface area (Å²) in [5.41, 5.74) is 0.